The van der Waals surface area contributed by atoms with Gasteiger partial charge < -0.3 is 63.5 Å². The average Bonchev–Trinajstić information content (AvgIpc) is 1.60. The van der Waals surface area contributed by atoms with Gasteiger partial charge in [0.05, 0.1) is 16.2 Å². The van der Waals surface area contributed by atoms with Crippen LogP contribution in [0.15, 0.2) is 0 Å². The number of nitriles is 1. The van der Waals surface area contributed by atoms with E-state index in [4.69, 9.17) is 35.9 Å². The Labute approximate surface area is 112 Å². The number of hydrogen-bond acceptors (Lipinski definition) is 7. The summed E-state index contributed by atoms with van der Waals surface area (Å²) in [7, 11) is 0. The van der Waals surface area contributed by atoms with Gasteiger partial charge in [-0.15, -0.1) is 0 Å². The summed E-state index contributed by atoms with van der Waals surface area (Å²) in [6.07, 6.45) is 0. The van der Waals surface area contributed by atoms with Gasteiger partial charge in [0.15, 0.2) is 0 Å². The van der Waals surface area contributed by atoms with Crippen molar-refractivity contribution in [3.05, 3.63) is 30.6 Å². The molecule has 0 amide bonds. The molecular formula is C2H15N3O12Zn. The fourth-order valence-electron chi connectivity index (χ4n) is 0. The maximum absolute atomic E-state index is 8.25. The Morgan fingerprint density at radius 3 is 0.778 bits per heavy atom. The molecule has 0 fully saturated rings. The zero-order chi connectivity index (χ0) is 9.86. The summed E-state index contributed by atoms with van der Waals surface area (Å²) in [5, 5.41) is 36.8. The van der Waals surface area contributed by atoms with Gasteiger partial charge in [-0.1, -0.05) is 0 Å². The molecule has 0 aliphatic heterocycles. The van der Waals surface area contributed by atoms with E-state index in [-0.39, 0.29) is 52.3 Å². The molecule has 0 saturated heterocycles. The van der Waals surface area contributed by atoms with Crippen LogP contribution < -0.4 is 0 Å². The van der Waals surface area contributed by atoms with Crippen LogP contribution >= 0.6 is 0 Å². The quantitative estimate of drug-likeness (QED) is 0.234. The predicted molar refractivity (Wildman–Crippen MR) is 53.7 cm³/mol. The van der Waals surface area contributed by atoms with Crippen molar-refractivity contribution in [1.29, 1.82) is 5.26 Å². The first-order valence-electron chi connectivity index (χ1n) is 1.82. The second-order valence-electron chi connectivity index (χ2n) is 0.671. The van der Waals surface area contributed by atoms with Crippen LogP contribution in [0, 0.1) is 42.0 Å². The third kappa shape index (κ3) is 844. The van der Waals surface area contributed by atoms with E-state index < -0.39 is 10.2 Å². The summed E-state index contributed by atoms with van der Waals surface area (Å²) in [4.78, 5) is 16.5. The summed E-state index contributed by atoms with van der Waals surface area (Å²) >= 11 is 0. The van der Waals surface area contributed by atoms with E-state index in [2.05, 4.69) is 0 Å². The first-order valence-corrected chi connectivity index (χ1v) is 1.82. The largest absolute Gasteiger partial charge is 2.00 e. The molecule has 112 valence electrons. The van der Waals surface area contributed by atoms with Crippen molar-refractivity contribution in [1.82, 2.24) is 0 Å². The van der Waals surface area contributed by atoms with Crippen LogP contribution in [0.4, 0.5) is 0 Å². The fraction of sp³-hybridized carbons (Fsp3) is 0.500. The number of hydrogen-bond donors (Lipinski definition) is 0. The summed E-state index contributed by atoms with van der Waals surface area (Å²) < 4.78 is 0. The molecule has 0 bridgehead atoms. The van der Waals surface area contributed by atoms with Gasteiger partial charge in [-0.2, -0.15) is 5.26 Å². The standard InChI is InChI=1S/C2H3N.2NO3.6H2O.Zn/c1-2-3;2*2-1(3)4;;;;;;;/h1H3;;;6*1H2;/q;2*-1;;;;;;;+2. The second kappa shape index (κ2) is 112. The van der Waals surface area contributed by atoms with Crippen LogP contribution in [0.25, 0.3) is 0 Å². The van der Waals surface area contributed by atoms with E-state index >= 15 is 0 Å². The molecule has 18 heavy (non-hydrogen) atoms. The molecule has 0 rings (SSSR count). The van der Waals surface area contributed by atoms with E-state index in [1.54, 1.807) is 6.07 Å². The Balaban J connectivity index is -0.00000000562. The van der Waals surface area contributed by atoms with Gasteiger partial charge >= 0.3 is 19.5 Å². The van der Waals surface area contributed by atoms with Crippen molar-refractivity contribution in [2.75, 3.05) is 0 Å². The third-order valence-electron chi connectivity index (χ3n) is 0. The van der Waals surface area contributed by atoms with Crippen LogP contribution in [0.2, 0.25) is 0 Å². The van der Waals surface area contributed by atoms with Crippen molar-refractivity contribution in [2.24, 2.45) is 0 Å². The molecule has 0 heterocycles. The molecule has 0 unspecified atom stereocenters. The molecule has 0 aliphatic carbocycles. The van der Waals surface area contributed by atoms with E-state index in [0.29, 0.717) is 0 Å². The Kier molecular flexibility index (Phi) is 600. The number of rotatable bonds is 0. The summed E-state index contributed by atoms with van der Waals surface area (Å²) in [6.45, 7) is 1.43. The molecule has 0 saturated carbocycles. The molecular weight excluding hydrogens is 323 g/mol. The first kappa shape index (κ1) is 96.5. The first-order chi connectivity index (χ1) is 4.88. The zero-order valence-electron chi connectivity index (χ0n) is 9.00. The van der Waals surface area contributed by atoms with Crippen molar-refractivity contribution in [2.45, 2.75) is 6.92 Å². The maximum atomic E-state index is 8.25. The van der Waals surface area contributed by atoms with Gasteiger partial charge in [0.1, 0.15) is 0 Å². The Bertz CT molecular complexity index is 138. The topological polar surface area (TPSA) is 345 Å². The average molecular weight is 339 g/mol. The van der Waals surface area contributed by atoms with Gasteiger partial charge in [-0.05, 0) is 0 Å². The van der Waals surface area contributed by atoms with Crippen molar-refractivity contribution < 1.29 is 62.5 Å². The molecule has 0 aromatic carbocycles. The van der Waals surface area contributed by atoms with E-state index in [9.17, 15) is 0 Å². The number of nitrogens with zero attached hydrogens (tertiary/aromatic N) is 3. The van der Waals surface area contributed by atoms with E-state index in [1.165, 1.54) is 6.92 Å². The summed E-state index contributed by atoms with van der Waals surface area (Å²) in [5.41, 5.74) is 0. The minimum absolute atomic E-state index is 0. The monoisotopic (exact) mass is 337 g/mol. The Morgan fingerprint density at radius 2 is 0.778 bits per heavy atom. The second-order valence-corrected chi connectivity index (χ2v) is 0.671. The predicted octanol–water partition coefficient (Wildman–Crippen LogP) is -4.90. The molecule has 15 nitrogen and oxygen atoms in total. The zero-order valence-corrected chi connectivity index (χ0v) is 12.0. The Morgan fingerprint density at radius 1 is 0.778 bits per heavy atom. The molecule has 0 aliphatic rings. The van der Waals surface area contributed by atoms with Crippen LogP contribution in [-0.4, -0.2) is 43.0 Å². The van der Waals surface area contributed by atoms with Gasteiger partial charge in [-0.3, -0.25) is 0 Å². The van der Waals surface area contributed by atoms with Crippen molar-refractivity contribution in [3.8, 4) is 6.07 Å². The fourth-order valence-corrected chi connectivity index (χ4v) is 0. The molecule has 0 radical (unpaired) electrons. The van der Waals surface area contributed by atoms with Gasteiger partial charge in [0, 0.05) is 6.92 Å². The molecule has 12 N–H and O–H groups in total. The van der Waals surface area contributed by atoms with Crippen LogP contribution in [0.3, 0.4) is 0 Å². The maximum Gasteiger partial charge on any atom is 2.00 e. The third-order valence-corrected chi connectivity index (χ3v) is 0. The minimum Gasteiger partial charge on any atom is -0.412 e. The van der Waals surface area contributed by atoms with Gasteiger partial charge in [0.25, 0.3) is 0 Å². The van der Waals surface area contributed by atoms with Gasteiger partial charge in [0.2, 0.25) is 0 Å². The smallest absolute Gasteiger partial charge is 0.412 e. The van der Waals surface area contributed by atoms with Crippen molar-refractivity contribution >= 4 is 0 Å². The normalized spacial score (nSPS) is 3.11. The van der Waals surface area contributed by atoms with Crippen LogP contribution in [0.1, 0.15) is 6.92 Å². The molecule has 16 heteroatoms. The molecule has 0 atom stereocenters. The van der Waals surface area contributed by atoms with Gasteiger partial charge in [-0.25, -0.2) is 0 Å². The van der Waals surface area contributed by atoms with Crippen LogP contribution in [-0.2, 0) is 19.5 Å². The van der Waals surface area contributed by atoms with Crippen LogP contribution in [0.5, 0.6) is 0 Å². The molecule has 0 aromatic heterocycles. The molecule has 0 aromatic rings. The SMILES string of the molecule is CC#N.O.O.O.O.O.O.O=[N+]([O-])[O-].O=[N+]([O-])[O-].[Zn+2]. The molecule has 0 spiro atoms. The Hall–Kier alpha value is -1.73. The van der Waals surface area contributed by atoms with E-state index in [0.717, 1.165) is 0 Å². The van der Waals surface area contributed by atoms with E-state index in [1.807, 2.05) is 0 Å². The van der Waals surface area contributed by atoms with Crippen molar-refractivity contribution in [3.63, 3.8) is 0 Å². The summed E-state index contributed by atoms with van der Waals surface area (Å²) in [6, 6.07) is 1.75. The summed E-state index contributed by atoms with van der Waals surface area (Å²) in [5.74, 6) is 0. The minimum atomic E-state index is -1.75.